The highest BCUT2D eigenvalue weighted by Gasteiger charge is 2.32. The standard InChI is InChI=1S/C21H27N3O3/c1-26-18-8-6-17(7-9-18)23-10-12-24(13-11-23)19(20-3-2-14-27-20)15-22-21(25)16-4-5-16/h2-3,6-9,14,16,19H,4-5,10-13,15H2,1H3,(H,22,25). The van der Waals surface area contributed by atoms with Gasteiger partial charge in [0.15, 0.2) is 0 Å². The van der Waals surface area contributed by atoms with E-state index in [0.717, 1.165) is 50.5 Å². The number of furan rings is 1. The van der Waals surface area contributed by atoms with Crippen LogP contribution in [0.3, 0.4) is 0 Å². The van der Waals surface area contributed by atoms with Crippen LogP contribution in [-0.2, 0) is 4.79 Å². The number of rotatable bonds is 7. The Morgan fingerprint density at radius 3 is 2.52 bits per heavy atom. The van der Waals surface area contributed by atoms with Crippen LogP contribution >= 0.6 is 0 Å². The van der Waals surface area contributed by atoms with Crippen LogP contribution in [0.1, 0.15) is 24.6 Å². The first-order chi connectivity index (χ1) is 13.2. The summed E-state index contributed by atoms with van der Waals surface area (Å²) in [5, 5.41) is 3.12. The minimum atomic E-state index is 0.0840. The molecule has 2 heterocycles. The average molecular weight is 369 g/mol. The Morgan fingerprint density at radius 2 is 1.93 bits per heavy atom. The lowest BCUT2D eigenvalue weighted by Gasteiger charge is -2.39. The lowest BCUT2D eigenvalue weighted by Crippen LogP contribution is -2.50. The van der Waals surface area contributed by atoms with Crippen LogP contribution in [0.25, 0.3) is 0 Å². The Kier molecular flexibility index (Phi) is 5.34. The SMILES string of the molecule is COc1ccc(N2CCN(C(CNC(=O)C3CC3)c3ccco3)CC2)cc1. The maximum absolute atomic E-state index is 12.1. The molecular weight excluding hydrogens is 342 g/mol. The van der Waals surface area contributed by atoms with Crippen molar-refractivity contribution < 1.29 is 13.9 Å². The maximum Gasteiger partial charge on any atom is 0.223 e. The topological polar surface area (TPSA) is 58.0 Å². The number of benzene rings is 1. The summed E-state index contributed by atoms with van der Waals surface area (Å²) < 4.78 is 10.9. The van der Waals surface area contributed by atoms with Gasteiger partial charge >= 0.3 is 0 Å². The Balaban J connectivity index is 1.37. The second-order valence-electron chi connectivity index (χ2n) is 7.27. The molecule has 1 aliphatic carbocycles. The first-order valence-corrected chi connectivity index (χ1v) is 9.69. The number of ether oxygens (including phenoxy) is 1. The summed E-state index contributed by atoms with van der Waals surface area (Å²) in [5.74, 6) is 2.21. The zero-order chi connectivity index (χ0) is 18.6. The fraction of sp³-hybridized carbons (Fsp3) is 0.476. The smallest absolute Gasteiger partial charge is 0.223 e. The molecule has 0 bridgehead atoms. The van der Waals surface area contributed by atoms with Gasteiger partial charge in [0.05, 0.1) is 19.4 Å². The number of anilines is 1. The Bertz CT molecular complexity index is 733. The van der Waals surface area contributed by atoms with Crippen molar-refractivity contribution in [1.82, 2.24) is 10.2 Å². The highest BCUT2D eigenvalue weighted by Crippen LogP contribution is 2.30. The van der Waals surface area contributed by atoms with Crippen molar-refractivity contribution >= 4 is 11.6 Å². The minimum absolute atomic E-state index is 0.0840. The second-order valence-corrected chi connectivity index (χ2v) is 7.27. The molecular formula is C21H27N3O3. The maximum atomic E-state index is 12.1. The summed E-state index contributed by atoms with van der Waals surface area (Å²) >= 11 is 0. The van der Waals surface area contributed by atoms with Crippen molar-refractivity contribution in [3.05, 3.63) is 48.4 Å². The van der Waals surface area contributed by atoms with E-state index in [1.54, 1.807) is 13.4 Å². The molecule has 1 N–H and O–H groups in total. The third-order valence-electron chi connectivity index (χ3n) is 5.48. The van der Waals surface area contributed by atoms with Crippen molar-refractivity contribution in [3.63, 3.8) is 0 Å². The van der Waals surface area contributed by atoms with Gasteiger partial charge in [0.2, 0.25) is 5.91 Å². The molecule has 1 amide bonds. The molecule has 1 unspecified atom stereocenters. The van der Waals surface area contributed by atoms with Gasteiger partial charge in [0.1, 0.15) is 11.5 Å². The van der Waals surface area contributed by atoms with Gasteiger partial charge < -0.3 is 19.4 Å². The molecule has 2 aromatic rings. The number of hydrogen-bond donors (Lipinski definition) is 1. The van der Waals surface area contributed by atoms with Crippen LogP contribution in [0.2, 0.25) is 0 Å². The molecule has 27 heavy (non-hydrogen) atoms. The molecule has 2 fully saturated rings. The van der Waals surface area contributed by atoms with Gasteiger partial charge in [0.25, 0.3) is 0 Å². The normalized spacial score (nSPS) is 18.9. The molecule has 1 aromatic heterocycles. The van der Waals surface area contributed by atoms with E-state index in [2.05, 4.69) is 27.2 Å². The van der Waals surface area contributed by atoms with Crippen molar-refractivity contribution in [1.29, 1.82) is 0 Å². The largest absolute Gasteiger partial charge is 0.497 e. The molecule has 1 saturated carbocycles. The van der Waals surface area contributed by atoms with E-state index >= 15 is 0 Å². The lowest BCUT2D eigenvalue weighted by atomic mass is 10.1. The van der Waals surface area contributed by atoms with Crippen molar-refractivity contribution in [3.8, 4) is 5.75 Å². The number of methoxy groups -OCH3 is 1. The van der Waals surface area contributed by atoms with Crippen molar-refractivity contribution in [2.75, 3.05) is 44.7 Å². The molecule has 0 radical (unpaired) electrons. The minimum Gasteiger partial charge on any atom is -0.497 e. The molecule has 2 aliphatic rings. The number of carbonyl (C=O) groups excluding carboxylic acids is 1. The van der Waals surface area contributed by atoms with Crippen LogP contribution in [0, 0.1) is 5.92 Å². The van der Waals surface area contributed by atoms with Gasteiger partial charge in [0, 0.05) is 44.3 Å². The van der Waals surface area contributed by atoms with Gasteiger partial charge in [-0.2, -0.15) is 0 Å². The van der Waals surface area contributed by atoms with E-state index in [-0.39, 0.29) is 17.9 Å². The quantitative estimate of drug-likeness (QED) is 0.813. The number of nitrogens with zero attached hydrogens (tertiary/aromatic N) is 2. The zero-order valence-corrected chi connectivity index (χ0v) is 15.8. The molecule has 1 saturated heterocycles. The number of amides is 1. The third-order valence-corrected chi connectivity index (χ3v) is 5.48. The van der Waals surface area contributed by atoms with E-state index in [1.807, 2.05) is 24.3 Å². The van der Waals surface area contributed by atoms with Crippen molar-refractivity contribution in [2.24, 2.45) is 5.92 Å². The molecule has 0 spiro atoms. The monoisotopic (exact) mass is 369 g/mol. The van der Waals surface area contributed by atoms with Crippen LogP contribution in [0.15, 0.2) is 47.1 Å². The summed E-state index contributed by atoms with van der Waals surface area (Å²) in [5.41, 5.74) is 1.21. The molecule has 1 aromatic carbocycles. The van der Waals surface area contributed by atoms with E-state index in [9.17, 15) is 4.79 Å². The molecule has 144 valence electrons. The summed E-state index contributed by atoms with van der Waals surface area (Å²) in [7, 11) is 1.69. The predicted octanol–water partition coefficient (Wildman–Crippen LogP) is 2.68. The second kappa shape index (κ2) is 8.05. The lowest BCUT2D eigenvalue weighted by molar-refractivity contribution is -0.122. The fourth-order valence-corrected chi connectivity index (χ4v) is 3.66. The van der Waals surface area contributed by atoms with E-state index < -0.39 is 0 Å². The number of hydrogen-bond acceptors (Lipinski definition) is 5. The highest BCUT2D eigenvalue weighted by atomic mass is 16.5. The Hall–Kier alpha value is -2.47. The fourth-order valence-electron chi connectivity index (χ4n) is 3.66. The Morgan fingerprint density at radius 1 is 1.19 bits per heavy atom. The van der Waals surface area contributed by atoms with Gasteiger partial charge in [-0.25, -0.2) is 0 Å². The van der Waals surface area contributed by atoms with Crippen LogP contribution in [0.4, 0.5) is 5.69 Å². The van der Waals surface area contributed by atoms with E-state index in [4.69, 9.17) is 9.15 Å². The van der Waals surface area contributed by atoms with Gasteiger partial charge in [-0.15, -0.1) is 0 Å². The van der Waals surface area contributed by atoms with Gasteiger partial charge in [-0.1, -0.05) is 0 Å². The summed E-state index contributed by atoms with van der Waals surface area (Å²) in [6.45, 7) is 4.35. The molecule has 6 nitrogen and oxygen atoms in total. The summed E-state index contributed by atoms with van der Waals surface area (Å²) in [6.07, 6.45) is 3.76. The molecule has 4 rings (SSSR count). The molecule has 1 atom stereocenters. The molecule has 6 heteroatoms. The van der Waals surface area contributed by atoms with Gasteiger partial charge in [-0.3, -0.25) is 9.69 Å². The first kappa shape index (κ1) is 17.9. The van der Waals surface area contributed by atoms with Crippen LogP contribution in [0.5, 0.6) is 5.75 Å². The number of carbonyl (C=O) groups is 1. The zero-order valence-electron chi connectivity index (χ0n) is 15.8. The summed E-state index contributed by atoms with van der Waals surface area (Å²) in [6, 6.07) is 12.2. The van der Waals surface area contributed by atoms with Crippen LogP contribution < -0.4 is 15.0 Å². The Labute approximate surface area is 160 Å². The highest BCUT2D eigenvalue weighted by molar-refractivity contribution is 5.80. The summed E-state index contributed by atoms with van der Waals surface area (Å²) in [4.78, 5) is 16.9. The number of nitrogens with one attached hydrogen (secondary N) is 1. The van der Waals surface area contributed by atoms with Gasteiger partial charge in [-0.05, 0) is 49.2 Å². The van der Waals surface area contributed by atoms with Crippen molar-refractivity contribution in [2.45, 2.75) is 18.9 Å². The predicted molar refractivity (Wildman–Crippen MR) is 104 cm³/mol. The first-order valence-electron chi connectivity index (χ1n) is 9.69. The number of piperazine rings is 1. The van der Waals surface area contributed by atoms with E-state index in [0.29, 0.717) is 6.54 Å². The molecule has 1 aliphatic heterocycles. The average Bonchev–Trinajstić information content (AvgIpc) is 3.44. The van der Waals surface area contributed by atoms with E-state index in [1.165, 1.54) is 5.69 Å². The third kappa shape index (κ3) is 4.27. The van der Waals surface area contributed by atoms with Crippen LogP contribution in [-0.4, -0.2) is 50.6 Å².